The van der Waals surface area contributed by atoms with E-state index in [1.54, 1.807) is 6.92 Å². The van der Waals surface area contributed by atoms with Gasteiger partial charge in [-0.1, -0.05) is 12.6 Å². The molecule has 0 aliphatic heterocycles. The standard InChI is InChI=1S/C12H12O5/c1-3-10(13)17-9-7-5-6-8(12(14)15)11(9)16-4-2/h3,5-7H,1,4H2,2H3,(H,14,15). The third kappa shape index (κ3) is 3.07. The van der Waals surface area contributed by atoms with E-state index in [9.17, 15) is 9.59 Å². The molecule has 0 heterocycles. The molecule has 1 rings (SSSR count). The van der Waals surface area contributed by atoms with Crippen LogP contribution in [-0.2, 0) is 4.79 Å². The van der Waals surface area contributed by atoms with Crippen LogP contribution in [0.1, 0.15) is 17.3 Å². The number of para-hydroxylation sites is 1. The Hall–Kier alpha value is -2.30. The number of benzene rings is 1. The Labute approximate surface area is 98.3 Å². The first-order chi connectivity index (χ1) is 8.10. The van der Waals surface area contributed by atoms with E-state index >= 15 is 0 Å². The van der Waals surface area contributed by atoms with E-state index in [2.05, 4.69) is 6.58 Å². The maximum absolute atomic E-state index is 11.1. The minimum atomic E-state index is -1.15. The van der Waals surface area contributed by atoms with Gasteiger partial charge in [-0.2, -0.15) is 0 Å². The molecular weight excluding hydrogens is 224 g/mol. The second-order valence-corrected chi connectivity index (χ2v) is 3.00. The monoisotopic (exact) mass is 236 g/mol. The molecule has 0 unspecified atom stereocenters. The van der Waals surface area contributed by atoms with Crippen molar-refractivity contribution in [2.75, 3.05) is 6.61 Å². The molecule has 5 heteroatoms. The minimum Gasteiger partial charge on any atom is -0.489 e. The second-order valence-electron chi connectivity index (χ2n) is 3.00. The third-order valence-electron chi connectivity index (χ3n) is 1.88. The lowest BCUT2D eigenvalue weighted by Gasteiger charge is -2.11. The van der Waals surface area contributed by atoms with Crippen LogP contribution in [0.3, 0.4) is 0 Å². The van der Waals surface area contributed by atoms with Gasteiger partial charge >= 0.3 is 11.9 Å². The average molecular weight is 236 g/mol. The lowest BCUT2D eigenvalue weighted by molar-refractivity contribution is -0.129. The summed E-state index contributed by atoms with van der Waals surface area (Å²) in [5, 5.41) is 8.97. The van der Waals surface area contributed by atoms with Gasteiger partial charge in [-0.3, -0.25) is 0 Å². The van der Waals surface area contributed by atoms with Crippen LogP contribution in [-0.4, -0.2) is 23.7 Å². The van der Waals surface area contributed by atoms with Gasteiger partial charge in [0, 0.05) is 6.08 Å². The molecule has 1 aromatic rings. The van der Waals surface area contributed by atoms with Crippen LogP contribution in [0.5, 0.6) is 11.5 Å². The van der Waals surface area contributed by atoms with Crippen LogP contribution < -0.4 is 9.47 Å². The maximum atomic E-state index is 11.1. The maximum Gasteiger partial charge on any atom is 0.339 e. The van der Waals surface area contributed by atoms with Crippen molar-refractivity contribution in [3.63, 3.8) is 0 Å². The SMILES string of the molecule is C=CC(=O)Oc1cccc(C(=O)O)c1OCC. The smallest absolute Gasteiger partial charge is 0.339 e. The summed E-state index contributed by atoms with van der Waals surface area (Å²) in [4.78, 5) is 22.0. The minimum absolute atomic E-state index is 0.0395. The van der Waals surface area contributed by atoms with E-state index in [0.29, 0.717) is 0 Å². The fraction of sp³-hybridized carbons (Fsp3) is 0.167. The molecule has 0 aliphatic rings. The van der Waals surface area contributed by atoms with E-state index in [1.165, 1.54) is 18.2 Å². The Morgan fingerprint density at radius 3 is 2.71 bits per heavy atom. The van der Waals surface area contributed by atoms with Crippen molar-refractivity contribution in [3.8, 4) is 11.5 Å². The van der Waals surface area contributed by atoms with Gasteiger partial charge < -0.3 is 14.6 Å². The first kappa shape index (κ1) is 12.8. The molecule has 0 bridgehead atoms. The van der Waals surface area contributed by atoms with Gasteiger partial charge in [0.05, 0.1) is 6.61 Å². The van der Waals surface area contributed by atoms with E-state index in [1.807, 2.05) is 0 Å². The van der Waals surface area contributed by atoms with Gasteiger partial charge in [0.2, 0.25) is 0 Å². The first-order valence-corrected chi connectivity index (χ1v) is 4.93. The fourth-order valence-electron chi connectivity index (χ4n) is 1.21. The van der Waals surface area contributed by atoms with Crippen LogP contribution in [0.2, 0.25) is 0 Å². The topological polar surface area (TPSA) is 72.8 Å². The predicted octanol–water partition coefficient (Wildman–Crippen LogP) is 1.87. The fourth-order valence-corrected chi connectivity index (χ4v) is 1.21. The Kier molecular flexibility index (Phi) is 4.28. The number of rotatable bonds is 5. The molecule has 17 heavy (non-hydrogen) atoms. The Bertz CT molecular complexity index is 450. The Balaban J connectivity index is 3.19. The van der Waals surface area contributed by atoms with Crippen LogP contribution in [0.15, 0.2) is 30.9 Å². The quantitative estimate of drug-likeness (QED) is 0.480. The van der Waals surface area contributed by atoms with Gasteiger partial charge in [-0.05, 0) is 19.1 Å². The van der Waals surface area contributed by atoms with Crippen molar-refractivity contribution in [3.05, 3.63) is 36.4 Å². The van der Waals surface area contributed by atoms with E-state index in [4.69, 9.17) is 14.6 Å². The molecule has 1 aromatic carbocycles. The molecule has 90 valence electrons. The van der Waals surface area contributed by atoms with Gasteiger partial charge in [0.1, 0.15) is 5.56 Å². The predicted molar refractivity (Wildman–Crippen MR) is 60.4 cm³/mol. The highest BCUT2D eigenvalue weighted by Gasteiger charge is 2.17. The number of carboxylic acids is 1. The zero-order valence-electron chi connectivity index (χ0n) is 9.30. The number of hydrogen-bond donors (Lipinski definition) is 1. The number of aromatic carboxylic acids is 1. The van der Waals surface area contributed by atoms with Crippen LogP contribution in [0.25, 0.3) is 0 Å². The number of esters is 1. The third-order valence-corrected chi connectivity index (χ3v) is 1.88. The molecule has 0 fully saturated rings. The van der Waals surface area contributed by atoms with E-state index < -0.39 is 11.9 Å². The van der Waals surface area contributed by atoms with Crippen molar-refractivity contribution in [2.45, 2.75) is 6.92 Å². The summed E-state index contributed by atoms with van der Waals surface area (Å²) in [5.41, 5.74) is -0.0544. The molecule has 0 amide bonds. The van der Waals surface area contributed by atoms with E-state index in [-0.39, 0.29) is 23.7 Å². The normalized spacial score (nSPS) is 9.47. The van der Waals surface area contributed by atoms with Crippen LogP contribution >= 0.6 is 0 Å². The largest absolute Gasteiger partial charge is 0.489 e. The lowest BCUT2D eigenvalue weighted by Crippen LogP contribution is -2.08. The molecular formula is C12H12O5. The molecule has 0 spiro atoms. The van der Waals surface area contributed by atoms with Crippen molar-refractivity contribution in [1.29, 1.82) is 0 Å². The van der Waals surface area contributed by atoms with Gasteiger partial charge in [0.15, 0.2) is 11.5 Å². The summed E-state index contributed by atoms with van der Waals surface area (Å²) in [6.45, 7) is 5.23. The molecule has 0 saturated carbocycles. The summed E-state index contributed by atoms with van der Waals surface area (Å²) in [7, 11) is 0. The number of carboxylic acid groups (broad SMARTS) is 1. The van der Waals surface area contributed by atoms with Gasteiger partial charge in [0.25, 0.3) is 0 Å². The van der Waals surface area contributed by atoms with Crippen molar-refractivity contribution in [1.82, 2.24) is 0 Å². The molecule has 0 radical (unpaired) electrons. The molecule has 0 aliphatic carbocycles. The lowest BCUT2D eigenvalue weighted by atomic mass is 10.2. The Morgan fingerprint density at radius 1 is 1.47 bits per heavy atom. The highest BCUT2D eigenvalue weighted by Crippen LogP contribution is 2.31. The molecule has 0 aromatic heterocycles. The first-order valence-electron chi connectivity index (χ1n) is 4.93. The number of hydrogen-bond acceptors (Lipinski definition) is 4. The van der Waals surface area contributed by atoms with E-state index in [0.717, 1.165) is 6.08 Å². The summed E-state index contributed by atoms with van der Waals surface area (Å²) in [6, 6.07) is 4.30. The second kappa shape index (κ2) is 5.69. The molecule has 0 atom stereocenters. The highest BCUT2D eigenvalue weighted by molar-refractivity contribution is 5.93. The average Bonchev–Trinajstić information content (AvgIpc) is 2.31. The van der Waals surface area contributed by atoms with Gasteiger partial charge in [-0.15, -0.1) is 0 Å². The summed E-state index contributed by atoms with van der Waals surface area (Å²) in [6.07, 6.45) is 0.989. The van der Waals surface area contributed by atoms with Crippen LogP contribution in [0, 0.1) is 0 Å². The molecule has 0 saturated heterocycles. The molecule has 1 N–H and O–H groups in total. The molecule has 5 nitrogen and oxygen atoms in total. The summed E-state index contributed by atoms with van der Waals surface area (Å²) >= 11 is 0. The Morgan fingerprint density at radius 2 is 2.18 bits per heavy atom. The zero-order chi connectivity index (χ0) is 12.8. The summed E-state index contributed by atoms with van der Waals surface area (Å²) in [5.74, 6) is -1.72. The number of carbonyl (C=O) groups is 2. The van der Waals surface area contributed by atoms with Crippen molar-refractivity contribution >= 4 is 11.9 Å². The number of ether oxygens (including phenoxy) is 2. The summed E-state index contributed by atoms with van der Waals surface area (Å²) < 4.78 is 10.1. The van der Waals surface area contributed by atoms with Crippen molar-refractivity contribution in [2.24, 2.45) is 0 Å². The van der Waals surface area contributed by atoms with Crippen LogP contribution in [0.4, 0.5) is 0 Å². The number of carbonyl (C=O) groups excluding carboxylic acids is 1. The highest BCUT2D eigenvalue weighted by atomic mass is 16.6. The zero-order valence-corrected chi connectivity index (χ0v) is 9.30. The van der Waals surface area contributed by atoms with Gasteiger partial charge in [-0.25, -0.2) is 9.59 Å². The van der Waals surface area contributed by atoms with Crippen molar-refractivity contribution < 1.29 is 24.2 Å².